The molecule has 0 spiro atoms. The number of fused-ring (bicyclic) bond motifs is 1. The maximum Gasteiger partial charge on any atom is 0.225 e. The van der Waals surface area contributed by atoms with Crippen LogP contribution >= 0.6 is 0 Å². The Kier molecular flexibility index (Phi) is 6.00. The third kappa shape index (κ3) is 4.45. The minimum atomic E-state index is -1.32. The number of hydrogen-bond donors (Lipinski definition) is 1. The predicted octanol–water partition coefficient (Wildman–Crippen LogP) is 4.22. The molecule has 1 fully saturated rings. The van der Waals surface area contributed by atoms with Gasteiger partial charge in [-0.1, -0.05) is 42.0 Å². The molecule has 9 heteroatoms. The van der Waals surface area contributed by atoms with Crippen molar-refractivity contribution in [1.29, 1.82) is 0 Å². The van der Waals surface area contributed by atoms with Crippen LogP contribution in [0.3, 0.4) is 0 Å². The fraction of sp³-hybridized carbons (Fsp3) is 0.241. The maximum absolute atomic E-state index is 13.3. The van der Waals surface area contributed by atoms with Gasteiger partial charge in [0.15, 0.2) is 5.82 Å². The molecule has 0 aliphatic carbocycles. The summed E-state index contributed by atoms with van der Waals surface area (Å²) in [4.78, 5) is 18.1. The number of hydrogen-bond acceptors (Lipinski definition) is 7. The molecule has 4 heterocycles. The van der Waals surface area contributed by atoms with Gasteiger partial charge in [0.1, 0.15) is 23.3 Å². The normalized spacial score (nSPS) is 15.6. The van der Waals surface area contributed by atoms with E-state index in [4.69, 9.17) is 0 Å². The van der Waals surface area contributed by atoms with Gasteiger partial charge in [-0.2, -0.15) is 5.10 Å². The molecular formula is C29H28FN7O. The van der Waals surface area contributed by atoms with E-state index in [0.717, 1.165) is 48.6 Å². The first-order valence-electron chi connectivity index (χ1n) is 12.6. The van der Waals surface area contributed by atoms with Gasteiger partial charge in [-0.15, -0.1) is 0 Å². The second-order valence-electron chi connectivity index (χ2n) is 9.83. The Hall–Kier alpha value is -4.37. The van der Waals surface area contributed by atoms with E-state index in [0.29, 0.717) is 17.1 Å². The zero-order valence-corrected chi connectivity index (χ0v) is 21.3. The lowest BCUT2D eigenvalue weighted by molar-refractivity contribution is 0.101. The number of anilines is 2. The summed E-state index contributed by atoms with van der Waals surface area (Å²) < 4.78 is 15.2. The Bertz CT molecular complexity index is 1560. The van der Waals surface area contributed by atoms with Gasteiger partial charge in [0.25, 0.3) is 0 Å². The van der Waals surface area contributed by atoms with Crippen LogP contribution in [0.4, 0.5) is 16.2 Å². The van der Waals surface area contributed by atoms with Gasteiger partial charge < -0.3 is 14.9 Å². The van der Waals surface area contributed by atoms with Gasteiger partial charge in [-0.05, 0) is 43.2 Å². The molecule has 1 saturated heterocycles. The topological polar surface area (TPSA) is 82.7 Å². The van der Waals surface area contributed by atoms with Gasteiger partial charge in [-0.25, -0.2) is 23.9 Å². The second kappa shape index (κ2) is 9.50. The molecule has 1 N–H and O–H groups in total. The Morgan fingerprint density at radius 2 is 1.47 bits per heavy atom. The van der Waals surface area contributed by atoms with E-state index in [-0.39, 0.29) is 5.82 Å². The van der Waals surface area contributed by atoms with Crippen molar-refractivity contribution in [3.8, 4) is 11.1 Å². The molecule has 192 valence electrons. The van der Waals surface area contributed by atoms with Crippen molar-refractivity contribution in [1.82, 2.24) is 24.6 Å². The van der Waals surface area contributed by atoms with Crippen molar-refractivity contribution in [2.24, 2.45) is 0 Å². The molecule has 6 rings (SSSR count). The molecule has 0 saturated carbocycles. The van der Waals surface area contributed by atoms with E-state index in [9.17, 15) is 9.50 Å². The summed E-state index contributed by atoms with van der Waals surface area (Å²) in [5, 5.41) is 15.5. The highest BCUT2D eigenvalue weighted by molar-refractivity contribution is 5.77. The van der Waals surface area contributed by atoms with Crippen molar-refractivity contribution in [3.05, 3.63) is 102 Å². The first-order valence-corrected chi connectivity index (χ1v) is 12.6. The lowest BCUT2D eigenvalue weighted by Gasteiger charge is -2.35. The van der Waals surface area contributed by atoms with Crippen molar-refractivity contribution >= 4 is 17.3 Å². The molecule has 8 nitrogen and oxygen atoms in total. The van der Waals surface area contributed by atoms with Crippen LogP contribution in [0.5, 0.6) is 0 Å². The van der Waals surface area contributed by atoms with Gasteiger partial charge in [0.2, 0.25) is 5.95 Å². The smallest absolute Gasteiger partial charge is 0.225 e. The minimum Gasteiger partial charge on any atom is -0.381 e. The first-order chi connectivity index (χ1) is 18.4. The largest absolute Gasteiger partial charge is 0.381 e. The van der Waals surface area contributed by atoms with E-state index >= 15 is 0 Å². The number of halogens is 1. The zero-order valence-electron chi connectivity index (χ0n) is 21.3. The monoisotopic (exact) mass is 509 g/mol. The van der Waals surface area contributed by atoms with Crippen molar-refractivity contribution in [2.45, 2.75) is 19.4 Å². The molecule has 3 aromatic heterocycles. The van der Waals surface area contributed by atoms with Crippen LogP contribution in [0.15, 0.2) is 79.5 Å². The summed E-state index contributed by atoms with van der Waals surface area (Å²) in [5.41, 5.74) is 4.26. The van der Waals surface area contributed by atoms with Gasteiger partial charge in [0, 0.05) is 55.9 Å². The Morgan fingerprint density at radius 1 is 0.816 bits per heavy atom. The van der Waals surface area contributed by atoms with Crippen LogP contribution in [-0.4, -0.2) is 55.9 Å². The van der Waals surface area contributed by atoms with Gasteiger partial charge >= 0.3 is 0 Å². The number of piperazine rings is 1. The lowest BCUT2D eigenvalue weighted by atomic mass is 9.90. The third-order valence-corrected chi connectivity index (χ3v) is 7.24. The summed E-state index contributed by atoms with van der Waals surface area (Å²) >= 11 is 0. The molecular weight excluding hydrogens is 481 g/mol. The van der Waals surface area contributed by atoms with Crippen molar-refractivity contribution in [3.63, 3.8) is 0 Å². The number of nitrogens with zero attached hydrogens (tertiary/aromatic N) is 7. The Balaban J connectivity index is 1.16. The molecule has 38 heavy (non-hydrogen) atoms. The molecule has 2 aromatic carbocycles. The average molecular weight is 510 g/mol. The molecule has 0 bridgehead atoms. The number of aromatic nitrogens is 5. The number of aliphatic hydroxyl groups is 1. The highest BCUT2D eigenvalue weighted by Gasteiger charge is 2.28. The average Bonchev–Trinajstić information content (AvgIpc) is 3.38. The number of aryl methyl sites for hydroxylation is 1. The number of benzene rings is 2. The van der Waals surface area contributed by atoms with Crippen LogP contribution in [0, 0.1) is 12.7 Å². The molecule has 5 aromatic rings. The fourth-order valence-electron chi connectivity index (χ4n) is 4.86. The van der Waals surface area contributed by atoms with E-state index in [1.165, 1.54) is 17.7 Å². The van der Waals surface area contributed by atoms with E-state index < -0.39 is 5.60 Å². The second-order valence-corrected chi connectivity index (χ2v) is 9.83. The van der Waals surface area contributed by atoms with Crippen LogP contribution in [-0.2, 0) is 5.60 Å². The summed E-state index contributed by atoms with van der Waals surface area (Å²) in [6.45, 7) is 6.73. The van der Waals surface area contributed by atoms with Crippen molar-refractivity contribution in [2.75, 3.05) is 36.0 Å². The Labute approximate surface area is 220 Å². The lowest BCUT2D eigenvalue weighted by Crippen LogP contribution is -2.47. The van der Waals surface area contributed by atoms with Crippen molar-refractivity contribution < 1.29 is 9.50 Å². The van der Waals surface area contributed by atoms with E-state index in [1.807, 2.05) is 10.7 Å². The summed E-state index contributed by atoms with van der Waals surface area (Å²) in [5.74, 6) is 1.17. The molecule has 0 unspecified atom stereocenters. The molecule has 1 atom stereocenters. The van der Waals surface area contributed by atoms with Crippen LogP contribution in [0.25, 0.3) is 16.6 Å². The van der Waals surface area contributed by atoms with E-state index in [2.05, 4.69) is 67.1 Å². The molecule has 0 amide bonds. The van der Waals surface area contributed by atoms with Gasteiger partial charge in [0.05, 0.1) is 0 Å². The number of rotatable bonds is 5. The molecule has 1 aliphatic rings. The highest BCUT2D eigenvalue weighted by atomic mass is 19.1. The van der Waals surface area contributed by atoms with Crippen LogP contribution < -0.4 is 9.80 Å². The summed E-state index contributed by atoms with van der Waals surface area (Å²) in [6, 6.07) is 16.4. The standard InChI is InChI=1S/C29H28FN7O/c1-20-3-5-21(6-4-20)22-15-26-27(33-19-34-37(26)18-22)35-11-13-36(14-12-35)28-31-16-24(17-32-28)29(2,38)23-7-9-25(30)10-8-23/h3-10,15-19,38H,11-14H2,1-2H3/t29-/m0/s1. The Morgan fingerprint density at radius 3 is 2.16 bits per heavy atom. The van der Waals surface area contributed by atoms with Crippen LogP contribution in [0.1, 0.15) is 23.6 Å². The molecule has 1 aliphatic heterocycles. The highest BCUT2D eigenvalue weighted by Crippen LogP contribution is 2.30. The summed E-state index contributed by atoms with van der Waals surface area (Å²) in [6.07, 6.45) is 6.92. The SMILES string of the molecule is Cc1ccc(-c2cc3c(N4CCN(c5ncc([C@@](C)(O)c6ccc(F)cc6)cn5)CC4)ncnn3c2)cc1. The minimum absolute atomic E-state index is 0.346. The predicted molar refractivity (Wildman–Crippen MR) is 145 cm³/mol. The van der Waals surface area contributed by atoms with Gasteiger partial charge in [-0.3, -0.25) is 0 Å². The van der Waals surface area contributed by atoms with E-state index in [1.54, 1.807) is 37.8 Å². The third-order valence-electron chi connectivity index (χ3n) is 7.24. The fourth-order valence-corrected chi connectivity index (χ4v) is 4.86. The maximum atomic E-state index is 13.3. The zero-order chi connectivity index (χ0) is 26.3. The first kappa shape index (κ1) is 24.0. The summed E-state index contributed by atoms with van der Waals surface area (Å²) in [7, 11) is 0. The molecule has 0 radical (unpaired) electrons. The van der Waals surface area contributed by atoms with Crippen LogP contribution in [0.2, 0.25) is 0 Å². The quantitative estimate of drug-likeness (QED) is 0.380.